The SMILES string of the molecule is Cc1cc2c(-c3ccccc3)cccc2[cH-]1.Cc1cc2c(-c3ccccc3)cccc2[cH-]1.Cc1cc2c(-c3ccccc3)cccc2[cH-]1.Cc1cc2c(-c3ccccc3)cccc2[cH-]1.Cl.Cl.[CH2]=[Hf+2].[CH2]=[Hf+2]. The second-order valence-corrected chi connectivity index (χ2v) is 16.8. The fourth-order valence-electron chi connectivity index (χ4n) is 9.02. The van der Waals surface area contributed by atoms with Gasteiger partial charge in [0.05, 0.1) is 0 Å². The van der Waals surface area contributed by atoms with Crippen molar-refractivity contribution >= 4 is 76.4 Å². The van der Waals surface area contributed by atoms with Crippen LogP contribution in [0.4, 0.5) is 0 Å². The van der Waals surface area contributed by atoms with Crippen LogP contribution in [0.1, 0.15) is 22.3 Å². The molecule has 0 atom stereocenters. The van der Waals surface area contributed by atoms with Crippen molar-refractivity contribution in [1.29, 1.82) is 0 Å². The van der Waals surface area contributed by atoms with Crippen molar-refractivity contribution in [3.05, 3.63) is 265 Å². The second-order valence-electron chi connectivity index (χ2n) is 16.8. The van der Waals surface area contributed by atoms with Gasteiger partial charge < -0.3 is 0 Å². The molecule has 0 bridgehead atoms. The number of hydrogen-bond acceptors (Lipinski definition) is 0. The van der Waals surface area contributed by atoms with Gasteiger partial charge in [-0.05, 0) is 22.3 Å². The van der Waals surface area contributed by atoms with Crippen LogP contribution in [0.3, 0.4) is 0 Å². The number of hydrogen-bond donors (Lipinski definition) is 0. The molecular formula is C66H58Cl2Hf2. The van der Waals surface area contributed by atoms with Crippen molar-refractivity contribution in [2.45, 2.75) is 27.7 Å². The van der Waals surface area contributed by atoms with Crippen LogP contribution < -0.4 is 0 Å². The number of aryl methyl sites for hydroxylation is 4. The molecule has 0 N–H and O–H groups in total. The van der Waals surface area contributed by atoms with Gasteiger partial charge in [0.1, 0.15) is 0 Å². The number of rotatable bonds is 4. The number of fused-ring (bicyclic) bond motifs is 4. The quantitative estimate of drug-likeness (QED) is 0.122. The van der Waals surface area contributed by atoms with Crippen molar-refractivity contribution in [3.8, 4) is 44.5 Å². The zero-order chi connectivity index (χ0) is 47.8. The Bertz CT molecular complexity index is 2980. The predicted octanol–water partition coefficient (Wildman–Crippen LogP) is 18.9. The zero-order valence-corrected chi connectivity index (χ0v) is 49.1. The molecule has 12 aromatic rings. The van der Waals surface area contributed by atoms with Gasteiger partial charge in [-0.3, -0.25) is 0 Å². The van der Waals surface area contributed by atoms with Gasteiger partial charge in [0.2, 0.25) is 0 Å². The topological polar surface area (TPSA) is 0 Å². The molecule has 344 valence electrons. The van der Waals surface area contributed by atoms with Gasteiger partial charge in [0.15, 0.2) is 0 Å². The van der Waals surface area contributed by atoms with Gasteiger partial charge >= 0.3 is 56.3 Å². The number of benzene rings is 8. The Morgan fingerprint density at radius 1 is 0.257 bits per heavy atom. The van der Waals surface area contributed by atoms with E-state index in [2.05, 4.69) is 279 Å². The van der Waals surface area contributed by atoms with Crippen LogP contribution in [0.25, 0.3) is 87.6 Å². The van der Waals surface area contributed by atoms with Crippen LogP contribution in [-0.4, -0.2) is 8.52 Å². The van der Waals surface area contributed by atoms with Crippen LogP contribution in [-0.2, 0) is 47.8 Å². The molecule has 0 spiro atoms. The van der Waals surface area contributed by atoms with Gasteiger partial charge in [-0.15, -0.1) is 163 Å². The molecule has 0 unspecified atom stereocenters. The van der Waals surface area contributed by atoms with Crippen molar-refractivity contribution in [3.63, 3.8) is 0 Å². The summed E-state index contributed by atoms with van der Waals surface area (Å²) < 4.78 is 6.78. The molecule has 0 nitrogen and oxygen atoms in total. The Hall–Kier alpha value is -5.74. The summed E-state index contributed by atoms with van der Waals surface area (Å²) in [5, 5.41) is 10.7. The average Bonchev–Trinajstić information content (AvgIpc) is 4.19. The van der Waals surface area contributed by atoms with E-state index in [0.29, 0.717) is 0 Å². The molecule has 0 radical (unpaired) electrons. The summed E-state index contributed by atoms with van der Waals surface area (Å²) in [6.07, 6.45) is 0. The Balaban J connectivity index is 0.000000168. The maximum atomic E-state index is 3.39. The molecule has 4 heteroatoms. The van der Waals surface area contributed by atoms with E-state index in [4.69, 9.17) is 0 Å². The van der Waals surface area contributed by atoms with Gasteiger partial charge in [-0.25, -0.2) is 0 Å². The van der Waals surface area contributed by atoms with Crippen LogP contribution in [0, 0.1) is 27.7 Å². The van der Waals surface area contributed by atoms with Gasteiger partial charge in [-0.1, -0.05) is 196 Å². The van der Waals surface area contributed by atoms with E-state index in [1.165, 1.54) is 110 Å². The molecule has 0 aliphatic carbocycles. The van der Waals surface area contributed by atoms with Gasteiger partial charge in [0.25, 0.3) is 0 Å². The summed E-state index contributed by atoms with van der Waals surface area (Å²) in [6, 6.07) is 86.2. The van der Waals surface area contributed by atoms with Crippen LogP contribution in [0.2, 0.25) is 0 Å². The second kappa shape index (κ2) is 27.6. The fraction of sp³-hybridized carbons (Fsp3) is 0.0606. The summed E-state index contributed by atoms with van der Waals surface area (Å²) in [7, 11) is 0. The molecule has 0 heterocycles. The summed E-state index contributed by atoms with van der Waals surface area (Å²) in [5.41, 5.74) is 15.8. The van der Waals surface area contributed by atoms with E-state index >= 15 is 0 Å². The zero-order valence-electron chi connectivity index (χ0n) is 40.3. The predicted molar refractivity (Wildman–Crippen MR) is 308 cm³/mol. The summed E-state index contributed by atoms with van der Waals surface area (Å²) in [4.78, 5) is 0. The van der Waals surface area contributed by atoms with Gasteiger partial charge in [0, 0.05) is 0 Å². The van der Waals surface area contributed by atoms with Crippen LogP contribution in [0.15, 0.2) is 243 Å². The van der Waals surface area contributed by atoms with Crippen molar-refractivity contribution in [2.75, 3.05) is 0 Å². The first-order chi connectivity index (χ1) is 33.4. The number of halogens is 2. The first kappa shape index (κ1) is 55.2. The van der Waals surface area contributed by atoms with Gasteiger partial charge in [-0.2, -0.15) is 24.3 Å². The van der Waals surface area contributed by atoms with E-state index < -0.39 is 0 Å². The average molecular weight is 1280 g/mol. The van der Waals surface area contributed by atoms with Crippen LogP contribution in [0.5, 0.6) is 0 Å². The monoisotopic (exact) mass is 1280 g/mol. The molecule has 0 saturated carbocycles. The third-order valence-electron chi connectivity index (χ3n) is 11.9. The summed E-state index contributed by atoms with van der Waals surface area (Å²) in [6.45, 7) is 8.59. The minimum absolute atomic E-state index is 0. The molecular weight excluding hydrogens is 1220 g/mol. The molecule has 0 aliphatic heterocycles. The fourth-order valence-corrected chi connectivity index (χ4v) is 9.02. The minimum atomic E-state index is 0. The summed E-state index contributed by atoms with van der Waals surface area (Å²) >= 11 is 2.11. The first-order valence-electron chi connectivity index (χ1n) is 22.9. The van der Waals surface area contributed by atoms with E-state index in [1.54, 1.807) is 0 Å². The third kappa shape index (κ3) is 13.8. The third-order valence-corrected chi connectivity index (χ3v) is 11.9. The Labute approximate surface area is 457 Å². The Morgan fingerprint density at radius 3 is 0.629 bits per heavy atom. The normalized spacial score (nSPS) is 10.1. The molecule has 0 aromatic heterocycles. The molecule has 12 aromatic carbocycles. The molecule has 0 fully saturated rings. The standard InChI is InChI=1S/4C16H13.2CH2.2ClH.2Hf/c4*1-12-10-14-8-5-9-15(16(14)11-12)13-6-3-2-4-7-13;;;;;;/h4*2-11H,1H3;2*1H2;2*1H;;/q4*-1;;;;;2*+2. The molecule has 70 heavy (non-hydrogen) atoms. The molecule has 0 aliphatic rings. The first-order valence-corrected chi connectivity index (χ1v) is 28.0. The van der Waals surface area contributed by atoms with Crippen molar-refractivity contribution < 1.29 is 47.8 Å². The van der Waals surface area contributed by atoms with Crippen molar-refractivity contribution in [2.24, 2.45) is 0 Å². The molecule has 0 amide bonds. The van der Waals surface area contributed by atoms with Crippen molar-refractivity contribution in [1.82, 2.24) is 0 Å². The molecule has 0 saturated heterocycles. The Kier molecular flexibility index (Phi) is 21.8. The van der Waals surface area contributed by atoms with E-state index in [0.717, 1.165) is 47.8 Å². The Morgan fingerprint density at radius 2 is 0.443 bits per heavy atom. The van der Waals surface area contributed by atoms with Crippen LogP contribution >= 0.6 is 24.8 Å². The van der Waals surface area contributed by atoms with E-state index in [-0.39, 0.29) is 24.8 Å². The maximum absolute atomic E-state index is 3.39. The molecule has 12 rings (SSSR count). The van der Waals surface area contributed by atoms with E-state index in [9.17, 15) is 0 Å². The van der Waals surface area contributed by atoms with E-state index in [1.807, 2.05) is 0 Å². The summed E-state index contributed by atoms with van der Waals surface area (Å²) in [5.74, 6) is 0.